The third kappa shape index (κ3) is 4.52. The van der Waals surface area contributed by atoms with Crippen molar-refractivity contribution in [3.05, 3.63) is 0 Å². The van der Waals surface area contributed by atoms with E-state index in [1.54, 1.807) is 5.06 Å². The van der Waals surface area contributed by atoms with Crippen molar-refractivity contribution in [3.63, 3.8) is 0 Å². The predicted molar refractivity (Wildman–Crippen MR) is 51.9 cm³/mol. The van der Waals surface area contributed by atoms with E-state index in [9.17, 15) is 4.79 Å². The van der Waals surface area contributed by atoms with Crippen LogP contribution in [0.4, 0.5) is 0 Å². The first-order valence-electron chi connectivity index (χ1n) is 4.86. The second kappa shape index (κ2) is 5.92. The van der Waals surface area contributed by atoms with Crippen molar-refractivity contribution in [1.82, 2.24) is 10.4 Å². The number of rotatable bonds is 4. The summed E-state index contributed by atoms with van der Waals surface area (Å²) in [7, 11) is 0. The van der Waals surface area contributed by atoms with Gasteiger partial charge in [0.05, 0.1) is 12.6 Å². The number of hydrogen-bond acceptors (Lipinski definition) is 6. The van der Waals surface area contributed by atoms with Crippen molar-refractivity contribution >= 4 is 5.97 Å². The van der Waals surface area contributed by atoms with Crippen molar-refractivity contribution < 1.29 is 9.63 Å². The molecule has 5 N–H and O–H groups in total. The molecule has 0 spiro atoms. The van der Waals surface area contributed by atoms with Crippen LogP contribution in [0.25, 0.3) is 0 Å². The molecule has 0 amide bonds. The minimum Gasteiger partial charge on any atom is -0.368 e. The van der Waals surface area contributed by atoms with Gasteiger partial charge in [0.2, 0.25) is 0 Å². The summed E-state index contributed by atoms with van der Waals surface area (Å²) in [5.74, 6) is -0.257. The van der Waals surface area contributed by atoms with E-state index in [0.29, 0.717) is 6.42 Å². The molecule has 0 saturated carbocycles. The standard InChI is InChI=1S/C8H18N4O2/c9-7(10)1-2-8(13)14-12-5-3-11-4-6-12/h7,11H,1-6,9-10H2. The van der Waals surface area contributed by atoms with Crippen LogP contribution >= 0.6 is 0 Å². The molecule has 6 nitrogen and oxygen atoms in total. The summed E-state index contributed by atoms with van der Waals surface area (Å²) in [6, 6.07) is 0. The molecule has 0 aromatic rings. The Hall–Kier alpha value is -0.690. The summed E-state index contributed by atoms with van der Waals surface area (Å²) in [6.45, 7) is 3.17. The first kappa shape index (κ1) is 11.4. The molecule has 82 valence electrons. The van der Waals surface area contributed by atoms with Crippen molar-refractivity contribution in [2.24, 2.45) is 11.5 Å². The summed E-state index contributed by atoms with van der Waals surface area (Å²) in [5, 5.41) is 4.83. The van der Waals surface area contributed by atoms with Gasteiger partial charge < -0.3 is 21.6 Å². The maximum Gasteiger partial charge on any atom is 0.325 e. The molecule has 1 rings (SSSR count). The lowest BCUT2D eigenvalue weighted by atomic mass is 10.3. The SMILES string of the molecule is NC(N)CCC(=O)ON1CCNCC1. The zero-order valence-electron chi connectivity index (χ0n) is 8.24. The minimum atomic E-state index is -0.439. The number of nitrogens with one attached hydrogen (secondary N) is 1. The molecule has 14 heavy (non-hydrogen) atoms. The van der Waals surface area contributed by atoms with Crippen LogP contribution < -0.4 is 16.8 Å². The summed E-state index contributed by atoms with van der Waals surface area (Å²) in [6.07, 6.45) is 0.303. The van der Waals surface area contributed by atoms with Gasteiger partial charge in [-0.2, -0.15) is 0 Å². The fourth-order valence-electron chi connectivity index (χ4n) is 1.21. The molecule has 0 bridgehead atoms. The Morgan fingerprint density at radius 2 is 2.07 bits per heavy atom. The summed E-state index contributed by atoms with van der Waals surface area (Å²) in [5.41, 5.74) is 10.6. The normalized spacial score (nSPS) is 18.5. The summed E-state index contributed by atoms with van der Waals surface area (Å²) in [4.78, 5) is 16.3. The van der Waals surface area contributed by atoms with Gasteiger partial charge in [-0.15, -0.1) is 5.06 Å². The zero-order chi connectivity index (χ0) is 10.4. The Morgan fingerprint density at radius 1 is 1.43 bits per heavy atom. The van der Waals surface area contributed by atoms with Gasteiger partial charge in [0.15, 0.2) is 0 Å². The van der Waals surface area contributed by atoms with Gasteiger partial charge in [-0.3, -0.25) is 4.79 Å². The molecule has 0 radical (unpaired) electrons. The average molecular weight is 202 g/mol. The van der Waals surface area contributed by atoms with E-state index >= 15 is 0 Å². The second-order valence-corrected chi connectivity index (χ2v) is 3.34. The van der Waals surface area contributed by atoms with Crippen LogP contribution in [-0.4, -0.2) is 43.4 Å². The topological polar surface area (TPSA) is 93.6 Å². The summed E-state index contributed by atoms with van der Waals surface area (Å²) >= 11 is 0. The van der Waals surface area contributed by atoms with Crippen LogP contribution in [0.5, 0.6) is 0 Å². The minimum absolute atomic E-state index is 0.257. The molecule has 1 fully saturated rings. The highest BCUT2D eigenvalue weighted by Gasteiger charge is 2.14. The Bertz CT molecular complexity index is 180. The lowest BCUT2D eigenvalue weighted by molar-refractivity contribution is -0.193. The molecule has 6 heteroatoms. The highest BCUT2D eigenvalue weighted by molar-refractivity contribution is 5.69. The number of nitrogens with two attached hydrogens (primary N) is 2. The van der Waals surface area contributed by atoms with Crippen LogP contribution in [0.3, 0.4) is 0 Å². The average Bonchev–Trinajstić information content (AvgIpc) is 2.16. The molecular weight excluding hydrogens is 184 g/mol. The molecule has 1 aliphatic rings. The molecule has 1 heterocycles. The van der Waals surface area contributed by atoms with Crippen molar-refractivity contribution in [2.45, 2.75) is 19.0 Å². The Balaban J connectivity index is 2.12. The van der Waals surface area contributed by atoms with Gasteiger partial charge in [0.25, 0.3) is 0 Å². The lowest BCUT2D eigenvalue weighted by Crippen LogP contribution is -2.44. The fraction of sp³-hybridized carbons (Fsp3) is 0.875. The van der Waals surface area contributed by atoms with Gasteiger partial charge in [-0.25, -0.2) is 0 Å². The molecule has 0 unspecified atom stereocenters. The van der Waals surface area contributed by atoms with E-state index in [0.717, 1.165) is 26.2 Å². The number of nitrogens with zero attached hydrogens (tertiary/aromatic N) is 1. The van der Waals surface area contributed by atoms with Crippen LogP contribution in [0.1, 0.15) is 12.8 Å². The van der Waals surface area contributed by atoms with Crippen molar-refractivity contribution in [3.8, 4) is 0 Å². The molecular formula is C8H18N4O2. The lowest BCUT2D eigenvalue weighted by Gasteiger charge is -2.25. The van der Waals surface area contributed by atoms with Gasteiger partial charge in [0.1, 0.15) is 0 Å². The fourth-order valence-corrected chi connectivity index (χ4v) is 1.21. The van der Waals surface area contributed by atoms with E-state index in [-0.39, 0.29) is 12.4 Å². The second-order valence-electron chi connectivity index (χ2n) is 3.34. The van der Waals surface area contributed by atoms with Crippen LogP contribution in [0.2, 0.25) is 0 Å². The van der Waals surface area contributed by atoms with Crippen molar-refractivity contribution in [1.29, 1.82) is 0 Å². The van der Waals surface area contributed by atoms with E-state index in [1.165, 1.54) is 0 Å². The van der Waals surface area contributed by atoms with Crippen LogP contribution in [0.15, 0.2) is 0 Å². The van der Waals surface area contributed by atoms with Crippen molar-refractivity contribution in [2.75, 3.05) is 26.2 Å². The van der Waals surface area contributed by atoms with Gasteiger partial charge in [-0.1, -0.05) is 0 Å². The highest BCUT2D eigenvalue weighted by Crippen LogP contribution is 1.99. The highest BCUT2D eigenvalue weighted by atomic mass is 16.7. The zero-order valence-corrected chi connectivity index (χ0v) is 8.24. The number of hydrogen-bond donors (Lipinski definition) is 3. The van der Waals surface area contributed by atoms with Crippen LogP contribution in [-0.2, 0) is 9.63 Å². The number of piperazine rings is 1. The quantitative estimate of drug-likeness (QED) is 0.474. The van der Waals surface area contributed by atoms with Crippen LogP contribution in [0, 0.1) is 0 Å². The maximum atomic E-state index is 11.2. The number of hydroxylamine groups is 2. The first-order chi connectivity index (χ1) is 6.68. The monoisotopic (exact) mass is 202 g/mol. The Morgan fingerprint density at radius 3 is 2.64 bits per heavy atom. The van der Waals surface area contributed by atoms with E-state index in [2.05, 4.69) is 5.32 Å². The smallest absolute Gasteiger partial charge is 0.325 e. The molecule has 0 aromatic heterocycles. The van der Waals surface area contributed by atoms with Gasteiger partial charge >= 0.3 is 5.97 Å². The maximum absolute atomic E-state index is 11.2. The van der Waals surface area contributed by atoms with E-state index in [4.69, 9.17) is 16.3 Å². The molecule has 1 saturated heterocycles. The number of carbonyl (C=O) groups excluding carboxylic acids is 1. The molecule has 0 atom stereocenters. The third-order valence-electron chi connectivity index (χ3n) is 1.99. The number of carbonyl (C=O) groups is 1. The van der Waals surface area contributed by atoms with E-state index in [1.807, 2.05) is 0 Å². The third-order valence-corrected chi connectivity index (χ3v) is 1.99. The Kier molecular flexibility index (Phi) is 4.81. The Labute approximate surface area is 83.5 Å². The molecule has 1 aliphatic heterocycles. The predicted octanol–water partition coefficient (Wildman–Crippen LogP) is -1.63. The largest absolute Gasteiger partial charge is 0.368 e. The molecule has 0 aromatic carbocycles. The van der Waals surface area contributed by atoms with Gasteiger partial charge in [0, 0.05) is 26.2 Å². The summed E-state index contributed by atoms with van der Waals surface area (Å²) < 4.78 is 0. The first-order valence-corrected chi connectivity index (χ1v) is 4.86. The molecule has 0 aliphatic carbocycles. The van der Waals surface area contributed by atoms with Gasteiger partial charge in [-0.05, 0) is 6.42 Å². The van der Waals surface area contributed by atoms with E-state index < -0.39 is 6.17 Å².